The van der Waals surface area contributed by atoms with Crippen LogP contribution in [0.2, 0.25) is 0 Å². The molecule has 1 fully saturated rings. The van der Waals surface area contributed by atoms with Crippen LogP contribution in [0.5, 0.6) is 0 Å². The van der Waals surface area contributed by atoms with E-state index in [9.17, 15) is 0 Å². The number of hydrogen-bond donors (Lipinski definition) is 1. The number of hydrogen-bond acceptors (Lipinski definition) is 2. The maximum Gasteiger partial charge on any atom is 0.0449 e. The molecule has 1 aliphatic heterocycles. The van der Waals surface area contributed by atoms with Crippen molar-refractivity contribution in [3.05, 3.63) is 35.9 Å². The summed E-state index contributed by atoms with van der Waals surface area (Å²) in [5.74, 6) is 0. The van der Waals surface area contributed by atoms with E-state index in [4.69, 9.17) is 0 Å². The van der Waals surface area contributed by atoms with Crippen LogP contribution >= 0.6 is 0 Å². The Balaban J connectivity index is 2.07. The third-order valence-electron chi connectivity index (χ3n) is 3.08. The predicted octanol–water partition coefficient (Wildman–Crippen LogP) is 1.65. The van der Waals surface area contributed by atoms with Crippen molar-refractivity contribution in [2.45, 2.75) is 19.0 Å². The highest BCUT2D eigenvalue weighted by Gasteiger charge is 2.22. The minimum atomic E-state index is 0.498. The fourth-order valence-electron chi connectivity index (χ4n) is 1.91. The Morgan fingerprint density at radius 2 is 2.00 bits per heavy atom. The minimum absolute atomic E-state index is 0.498. The normalized spacial score (nSPS) is 29.0. The second kappa shape index (κ2) is 4.11. The lowest BCUT2D eigenvalue weighted by molar-refractivity contribution is 0.176. The van der Waals surface area contributed by atoms with Crippen LogP contribution in [0.1, 0.15) is 18.5 Å². The Morgan fingerprint density at radius 3 is 2.64 bits per heavy atom. The summed E-state index contributed by atoms with van der Waals surface area (Å²) in [5.41, 5.74) is 1.39. The molecular formula is C12H18N2. The number of piperazine rings is 1. The molecule has 0 spiro atoms. The first-order chi connectivity index (χ1) is 6.77. The van der Waals surface area contributed by atoms with Crippen LogP contribution in [0, 0.1) is 0 Å². The van der Waals surface area contributed by atoms with Crippen molar-refractivity contribution < 1.29 is 0 Å². The number of benzene rings is 1. The Hall–Kier alpha value is -0.860. The molecular weight excluding hydrogens is 172 g/mol. The Morgan fingerprint density at radius 1 is 1.29 bits per heavy atom. The van der Waals surface area contributed by atoms with Gasteiger partial charge in [-0.15, -0.1) is 0 Å². The summed E-state index contributed by atoms with van der Waals surface area (Å²) >= 11 is 0. The van der Waals surface area contributed by atoms with Crippen LogP contribution in [0.25, 0.3) is 0 Å². The first-order valence-corrected chi connectivity index (χ1v) is 5.26. The van der Waals surface area contributed by atoms with Gasteiger partial charge in [0.2, 0.25) is 0 Å². The highest BCUT2D eigenvalue weighted by molar-refractivity contribution is 5.19. The number of rotatable bonds is 1. The maximum atomic E-state index is 3.57. The van der Waals surface area contributed by atoms with Crippen LogP contribution in [-0.2, 0) is 0 Å². The van der Waals surface area contributed by atoms with E-state index in [-0.39, 0.29) is 0 Å². The van der Waals surface area contributed by atoms with Crippen molar-refractivity contribution in [1.82, 2.24) is 10.2 Å². The largest absolute Gasteiger partial charge is 0.307 e. The molecule has 0 aromatic heterocycles. The molecule has 0 radical (unpaired) electrons. The molecule has 1 heterocycles. The molecule has 14 heavy (non-hydrogen) atoms. The quantitative estimate of drug-likeness (QED) is 0.724. The Labute approximate surface area is 85.9 Å². The molecule has 1 saturated heterocycles. The van der Waals surface area contributed by atoms with E-state index < -0.39 is 0 Å². The third-order valence-corrected chi connectivity index (χ3v) is 3.08. The van der Waals surface area contributed by atoms with Crippen LogP contribution in [0.15, 0.2) is 30.3 Å². The smallest absolute Gasteiger partial charge is 0.0449 e. The highest BCUT2D eigenvalue weighted by atomic mass is 15.2. The van der Waals surface area contributed by atoms with E-state index in [0.29, 0.717) is 12.1 Å². The zero-order chi connectivity index (χ0) is 9.97. The second-order valence-electron chi connectivity index (χ2n) is 4.16. The van der Waals surface area contributed by atoms with Crippen molar-refractivity contribution in [3.8, 4) is 0 Å². The molecule has 1 aromatic carbocycles. The molecule has 1 aliphatic rings. The summed E-state index contributed by atoms with van der Waals surface area (Å²) in [5, 5.41) is 3.57. The van der Waals surface area contributed by atoms with Gasteiger partial charge in [0, 0.05) is 25.2 Å². The lowest BCUT2D eigenvalue weighted by atomic mass is 10.0. The monoisotopic (exact) mass is 190 g/mol. The van der Waals surface area contributed by atoms with Gasteiger partial charge in [-0.25, -0.2) is 0 Å². The van der Waals surface area contributed by atoms with Crippen LogP contribution < -0.4 is 5.32 Å². The van der Waals surface area contributed by atoms with Gasteiger partial charge in [0.1, 0.15) is 0 Å². The summed E-state index contributed by atoms with van der Waals surface area (Å²) in [6.45, 7) is 4.44. The second-order valence-corrected chi connectivity index (χ2v) is 4.16. The molecule has 76 valence electrons. The fourth-order valence-corrected chi connectivity index (χ4v) is 1.91. The zero-order valence-electron chi connectivity index (χ0n) is 8.90. The van der Waals surface area contributed by atoms with Gasteiger partial charge in [0.25, 0.3) is 0 Å². The van der Waals surface area contributed by atoms with Crippen molar-refractivity contribution in [1.29, 1.82) is 0 Å². The average molecular weight is 190 g/mol. The number of nitrogens with zero attached hydrogens (tertiary/aromatic N) is 1. The molecule has 0 aliphatic carbocycles. The van der Waals surface area contributed by atoms with E-state index >= 15 is 0 Å². The molecule has 2 rings (SSSR count). The van der Waals surface area contributed by atoms with Crippen molar-refractivity contribution >= 4 is 0 Å². The maximum absolute atomic E-state index is 3.57. The van der Waals surface area contributed by atoms with E-state index in [2.05, 4.69) is 54.5 Å². The minimum Gasteiger partial charge on any atom is -0.307 e. The van der Waals surface area contributed by atoms with Crippen molar-refractivity contribution in [2.24, 2.45) is 0 Å². The molecule has 0 unspecified atom stereocenters. The summed E-state index contributed by atoms with van der Waals surface area (Å²) in [7, 11) is 2.20. The molecule has 2 atom stereocenters. The number of nitrogens with one attached hydrogen (secondary N) is 1. The van der Waals surface area contributed by atoms with Gasteiger partial charge in [-0.2, -0.15) is 0 Å². The van der Waals surface area contributed by atoms with Crippen LogP contribution in [-0.4, -0.2) is 31.1 Å². The zero-order valence-corrected chi connectivity index (χ0v) is 8.90. The molecule has 1 aromatic rings. The van der Waals surface area contributed by atoms with E-state index in [1.165, 1.54) is 5.56 Å². The van der Waals surface area contributed by atoms with Crippen molar-refractivity contribution in [2.75, 3.05) is 20.1 Å². The summed E-state index contributed by atoms with van der Waals surface area (Å²) in [6, 6.07) is 11.8. The molecule has 0 amide bonds. The van der Waals surface area contributed by atoms with Crippen LogP contribution in [0.4, 0.5) is 0 Å². The van der Waals surface area contributed by atoms with Crippen LogP contribution in [0.3, 0.4) is 0 Å². The lowest BCUT2D eigenvalue weighted by Gasteiger charge is -2.36. The van der Waals surface area contributed by atoms with E-state index in [1.807, 2.05) is 0 Å². The van der Waals surface area contributed by atoms with E-state index in [0.717, 1.165) is 13.1 Å². The summed E-state index contributed by atoms with van der Waals surface area (Å²) in [6.07, 6.45) is 0. The lowest BCUT2D eigenvalue weighted by Crippen LogP contribution is -2.49. The Kier molecular flexibility index (Phi) is 2.85. The molecule has 2 nitrogen and oxygen atoms in total. The van der Waals surface area contributed by atoms with Gasteiger partial charge in [-0.3, -0.25) is 0 Å². The third kappa shape index (κ3) is 1.97. The SMILES string of the molecule is C[C@H]1CN[C@@H](c2ccccc2)CN1C. The average Bonchev–Trinajstić information content (AvgIpc) is 2.23. The van der Waals surface area contributed by atoms with E-state index in [1.54, 1.807) is 0 Å². The highest BCUT2D eigenvalue weighted by Crippen LogP contribution is 2.17. The molecule has 0 bridgehead atoms. The molecule has 1 N–H and O–H groups in total. The van der Waals surface area contributed by atoms with Crippen molar-refractivity contribution in [3.63, 3.8) is 0 Å². The van der Waals surface area contributed by atoms with Gasteiger partial charge < -0.3 is 10.2 Å². The first kappa shape index (κ1) is 9.69. The molecule has 2 heteroatoms. The van der Waals surface area contributed by atoms with Gasteiger partial charge in [-0.05, 0) is 19.5 Å². The summed E-state index contributed by atoms with van der Waals surface area (Å²) in [4.78, 5) is 2.41. The fraction of sp³-hybridized carbons (Fsp3) is 0.500. The number of likely N-dealkylation sites (N-methyl/N-ethyl adjacent to an activating group) is 1. The predicted molar refractivity (Wildman–Crippen MR) is 59.3 cm³/mol. The summed E-state index contributed by atoms with van der Waals surface area (Å²) < 4.78 is 0. The molecule has 0 saturated carbocycles. The van der Waals surface area contributed by atoms with Gasteiger partial charge in [0.05, 0.1) is 0 Å². The van der Waals surface area contributed by atoms with Gasteiger partial charge >= 0.3 is 0 Å². The Bertz CT molecular complexity index is 284. The van der Waals surface area contributed by atoms with Gasteiger partial charge in [0.15, 0.2) is 0 Å². The first-order valence-electron chi connectivity index (χ1n) is 5.26. The van der Waals surface area contributed by atoms with Gasteiger partial charge in [-0.1, -0.05) is 30.3 Å². The topological polar surface area (TPSA) is 15.3 Å². The standard InChI is InChI=1S/C12H18N2/c1-10-8-13-12(9-14(10)2)11-6-4-3-5-7-11/h3-7,10,12-13H,8-9H2,1-2H3/t10-,12+/m0/s1.